The first-order valence-corrected chi connectivity index (χ1v) is 6.09. The highest BCUT2D eigenvalue weighted by Gasteiger charge is 2.04. The van der Waals surface area contributed by atoms with Gasteiger partial charge in [0.2, 0.25) is 0 Å². The van der Waals surface area contributed by atoms with E-state index in [0.717, 1.165) is 5.56 Å². The summed E-state index contributed by atoms with van der Waals surface area (Å²) in [4.78, 5) is 0. The predicted molar refractivity (Wildman–Crippen MR) is 71.3 cm³/mol. The van der Waals surface area contributed by atoms with Gasteiger partial charge in [-0.1, -0.05) is 12.1 Å². The smallest absolute Gasteiger partial charge is 0.167 e. The topological polar surface area (TPSA) is 21.3 Å². The van der Waals surface area contributed by atoms with Crippen LogP contribution in [0.15, 0.2) is 42.5 Å². The summed E-state index contributed by atoms with van der Waals surface area (Å²) in [6.07, 6.45) is 0. The molecule has 0 radical (unpaired) electrons. The van der Waals surface area contributed by atoms with Crippen molar-refractivity contribution < 1.29 is 13.5 Å². The number of hydrogen-bond acceptors (Lipinski definition) is 2. The molecule has 2 rings (SSSR count). The number of halogens is 2. The second-order valence-corrected chi connectivity index (χ2v) is 4.06. The summed E-state index contributed by atoms with van der Waals surface area (Å²) in [5.41, 5.74) is 1.58. The van der Waals surface area contributed by atoms with Crippen LogP contribution in [-0.2, 0) is 6.54 Å². The highest BCUT2D eigenvalue weighted by atomic mass is 19.1. The Morgan fingerprint density at radius 1 is 1.05 bits per heavy atom. The quantitative estimate of drug-likeness (QED) is 0.881. The Hall–Kier alpha value is -2.10. The zero-order valence-corrected chi connectivity index (χ0v) is 10.6. The molecule has 0 aromatic heterocycles. The van der Waals surface area contributed by atoms with Gasteiger partial charge >= 0.3 is 0 Å². The van der Waals surface area contributed by atoms with Crippen LogP contribution in [0.5, 0.6) is 5.75 Å². The van der Waals surface area contributed by atoms with Crippen LogP contribution >= 0.6 is 0 Å². The van der Waals surface area contributed by atoms with Crippen LogP contribution in [0.4, 0.5) is 14.5 Å². The van der Waals surface area contributed by atoms with Crippen molar-refractivity contribution >= 4 is 5.69 Å². The zero-order valence-electron chi connectivity index (χ0n) is 10.6. The molecule has 0 saturated carbocycles. The minimum Gasteiger partial charge on any atom is -0.491 e. The van der Waals surface area contributed by atoms with Crippen molar-refractivity contribution in [3.8, 4) is 5.75 Å². The summed E-state index contributed by atoms with van der Waals surface area (Å²) in [6.45, 7) is 2.74. The fraction of sp³-hybridized carbons (Fsp3) is 0.200. The molecule has 1 N–H and O–H groups in total. The van der Waals surface area contributed by atoms with E-state index in [1.807, 2.05) is 0 Å². The van der Waals surface area contributed by atoms with Crippen molar-refractivity contribution in [3.05, 3.63) is 59.7 Å². The fourth-order valence-electron chi connectivity index (χ4n) is 1.69. The molecule has 4 heteroatoms. The molecule has 0 fully saturated rings. The molecule has 0 aliphatic heterocycles. The maximum atomic E-state index is 13.6. The van der Waals surface area contributed by atoms with Gasteiger partial charge in [-0.15, -0.1) is 0 Å². The number of rotatable bonds is 5. The second-order valence-electron chi connectivity index (χ2n) is 4.06. The Kier molecular flexibility index (Phi) is 4.34. The number of hydrogen-bond donors (Lipinski definition) is 1. The minimum absolute atomic E-state index is 0.245. The van der Waals surface area contributed by atoms with Crippen molar-refractivity contribution in [1.82, 2.24) is 0 Å². The second kappa shape index (κ2) is 6.18. The maximum absolute atomic E-state index is 13.6. The first-order valence-electron chi connectivity index (χ1n) is 6.09. The molecule has 0 spiro atoms. The predicted octanol–water partition coefficient (Wildman–Crippen LogP) is 3.98. The van der Waals surface area contributed by atoms with Crippen molar-refractivity contribution in [3.63, 3.8) is 0 Å². The van der Waals surface area contributed by atoms with Crippen LogP contribution < -0.4 is 10.1 Å². The van der Waals surface area contributed by atoms with Crippen molar-refractivity contribution in [2.24, 2.45) is 0 Å². The van der Waals surface area contributed by atoms with E-state index in [4.69, 9.17) is 4.74 Å². The number of ether oxygens (including phenoxy) is 1. The molecule has 19 heavy (non-hydrogen) atoms. The summed E-state index contributed by atoms with van der Waals surface area (Å²) in [6, 6.07) is 10.9. The number of anilines is 1. The molecule has 0 heterocycles. The Morgan fingerprint density at radius 2 is 1.79 bits per heavy atom. The summed E-state index contributed by atoms with van der Waals surface area (Å²) < 4.78 is 31.5. The normalized spacial score (nSPS) is 10.3. The summed E-state index contributed by atoms with van der Waals surface area (Å²) >= 11 is 0. The lowest BCUT2D eigenvalue weighted by molar-refractivity contribution is 0.321. The Morgan fingerprint density at radius 3 is 2.42 bits per heavy atom. The van der Waals surface area contributed by atoms with Crippen LogP contribution in [0.3, 0.4) is 0 Å². The maximum Gasteiger partial charge on any atom is 0.167 e. The van der Waals surface area contributed by atoms with Gasteiger partial charge in [0.05, 0.1) is 6.61 Å². The van der Waals surface area contributed by atoms with Gasteiger partial charge in [-0.2, -0.15) is 0 Å². The third-order valence-electron chi connectivity index (χ3n) is 2.64. The van der Waals surface area contributed by atoms with Gasteiger partial charge in [-0.25, -0.2) is 8.78 Å². The van der Waals surface area contributed by atoms with Gasteiger partial charge in [0, 0.05) is 18.3 Å². The Balaban J connectivity index is 1.99. The minimum atomic E-state index is -0.397. The summed E-state index contributed by atoms with van der Waals surface area (Å²) in [5.74, 6) is -0.420. The number of benzene rings is 2. The average molecular weight is 263 g/mol. The molecular formula is C15H15F2NO. The van der Waals surface area contributed by atoms with Crippen molar-refractivity contribution in [1.29, 1.82) is 0 Å². The monoisotopic (exact) mass is 263 g/mol. The molecule has 100 valence electrons. The molecule has 0 aliphatic rings. The lowest BCUT2D eigenvalue weighted by Crippen LogP contribution is -2.01. The van der Waals surface area contributed by atoms with Gasteiger partial charge in [-0.3, -0.25) is 0 Å². The first-order chi connectivity index (χ1) is 9.19. The van der Waals surface area contributed by atoms with E-state index in [2.05, 4.69) is 5.32 Å². The van der Waals surface area contributed by atoms with E-state index in [9.17, 15) is 8.78 Å². The lowest BCUT2D eigenvalue weighted by Gasteiger charge is -2.09. The molecule has 2 nitrogen and oxygen atoms in total. The van der Waals surface area contributed by atoms with E-state index < -0.39 is 5.82 Å². The van der Waals surface area contributed by atoms with E-state index in [0.29, 0.717) is 18.8 Å². The Bertz CT molecular complexity index is 540. The standard InChI is InChI=1S/C15H15F2NO/c1-2-19-15-8-7-13(9-14(15)17)18-10-11-3-5-12(16)6-4-11/h3-9,18H,2,10H2,1H3. The van der Waals surface area contributed by atoms with Gasteiger partial charge in [0.15, 0.2) is 11.6 Å². The zero-order chi connectivity index (χ0) is 13.7. The summed E-state index contributed by atoms with van der Waals surface area (Å²) in [7, 11) is 0. The fourth-order valence-corrected chi connectivity index (χ4v) is 1.69. The van der Waals surface area contributed by atoms with Crippen molar-refractivity contribution in [2.45, 2.75) is 13.5 Å². The van der Waals surface area contributed by atoms with E-state index >= 15 is 0 Å². The van der Waals surface area contributed by atoms with Crippen LogP contribution in [0.25, 0.3) is 0 Å². The molecule has 0 unspecified atom stereocenters. The number of nitrogens with one attached hydrogen (secondary N) is 1. The van der Waals surface area contributed by atoms with Crippen LogP contribution in [0, 0.1) is 11.6 Å². The van der Waals surface area contributed by atoms with Crippen LogP contribution in [0.1, 0.15) is 12.5 Å². The average Bonchev–Trinajstić information content (AvgIpc) is 2.41. The van der Waals surface area contributed by atoms with E-state index in [1.54, 1.807) is 31.2 Å². The van der Waals surface area contributed by atoms with Crippen molar-refractivity contribution in [2.75, 3.05) is 11.9 Å². The van der Waals surface area contributed by atoms with Crippen LogP contribution in [-0.4, -0.2) is 6.61 Å². The molecule has 0 atom stereocenters. The van der Waals surface area contributed by atoms with E-state index in [1.165, 1.54) is 18.2 Å². The third kappa shape index (κ3) is 3.68. The van der Waals surface area contributed by atoms with Gasteiger partial charge in [0.25, 0.3) is 0 Å². The van der Waals surface area contributed by atoms with Gasteiger partial charge in [0.1, 0.15) is 5.82 Å². The largest absolute Gasteiger partial charge is 0.491 e. The SMILES string of the molecule is CCOc1ccc(NCc2ccc(F)cc2)cc1F. The van der Waals surface area contributed by atoms with E-state index in [-0.39, 0.29) is 11.6 Å². The molecule has 0 aliphatic carbocycles. The molecular weight excluding hydrogens is 248 g/mol. The first kappa shape index (κ1) is 13.3. The highest BCUT2D eigenvalue weighted by molar-refractivity contribution is 5.47. The third-order valence-corrected chi connectivity index (χ3v) is 2.64. The van der Waals surface area contributed by atoms with Crippen LogP contribution in [0.2, 0.25) is 0 Å². The molecule has 2 aromatic rings. The molecule has 0 amide bonds. The molecule has 2 aromatic carbocycles. The molecule has 0 bridgehead atoms. The van der Waals surface area contributed by atoms with Gasteiger partial charge in [-0.05, 0) is 36.8 Å². The Labute approximate surface area is 111 Å². The summed E-state index contributed by atoms with van der Waals surface area (Å²) in [5, 5.41) is 3.07. The van der Waals surface area contributed by atoms with Gasteiger partial charge < -0.3 is 10.1 Å². The lowest BCUT2D eigenvalue weighted by atomic mass is 10.2. The highest BCUT2D eigenvalue weighted by Crippen LogP contribution is 2.21. The molecule has 0 saturated heterocycles.